The van der Waals surface area contributed by atoms with Gasteiger partial charge < -0.3 is 0 Å². The Morgan fingerprint density at radius 3 is 2.48 bits per heavy atom. The van der Waals surface area contributed by atoms with Crippen LogP contribution in [-0.2, 0) is 10.0 Å². The molecule has 0 amide bonds. The van der Waals surface area contributed by atoms with Crippen molar-refractivity contribution in [1.29, 1.82) is 10.5 Å². The van der Waals surface area contributed by atoms with Gasteiger partial charge in [-0.25, -0.2) is 13.4 Å². The maximum atomic E-state index is 12.6. The van der Waals surface area contributed by atoms with Gasteiger partial charge in [0.25, 0.3) is 10.0 Å². The van der Waals surface area contributed by atoms with E-state index in [1.54, 1.807) is 18.2 Å². The van der Waals surface area contributed by atoms with Crippen molar-refractivity contribution in [2.45, 2.75) is 4.90 Å². The van der Waals surface area contributed by atoms with Crippen molar-refractivity contribution in [3.05, 3.63) is 53.9 Å². The predicted octanol–water partition coefficient (Wildman–Crippen LogP) is 1.65. The monoisotopic (exact) mass is 298 g/mol. The summed E-state index contributed by atoms with van der Waals surface area (Å²) in [6, 6.07) is 12.8. The minimum atomic E-state index is -3.97. The molecule has 0 saturated heterocycles. The molecule has 0 saturated carbocycles. The SMILES string of the molecule is CN(c1ccccc1C#N)S(=O)(=O)c1cccnc1C#N. The lowest BCUT2D eigenvalue weighted by Crippen LogP contribution is -2.28. The summed E-state index contributed by atoms with van der Waals surface area (Å²) < 4.78 is 26.2. The molecule has 2 rings (SSSR count). The standard InChI is InChI=1S/C14H10N4O2S/c1-18(13-6-3-2-5-11(13)9-15)21(19,20)14-7-4-8-17-12(14)10-16/h2-8H,1H3. The zero-order valence-corrected chi connectivity index (χ0v) is 11.9. The van der Waals surface area contributed by atoms with Crippen LogP contribution in [-0.4, -0.2) is 20.4 Å². The average molecular weight is 298 g/mol. The highest BCUT2D eigenvalue weighted by molar-refractivity contribution is 7.92. The van der Waals surface area contributed by atoms with Crippen LogP contribution >= 0.6 is 0 Å². The van der Waals surface area contributed by atoms with Crippen molar-refractivity contribution in [2.24, 2.45) is 0 Å². The van der Waals surface area contributed by atoms with Crippen molar-refractivity contribution in [2.75, 3.05) is 11.4 Å². The van der Waals surface area contributed by atoms with Gasteiger partial charge in [0.05, 0.1) is 11.3 Å². The molecule has 0 aliphatic heterocycles. The molecule has 0 spiro atoms. The Balaban J connectivity index is 2.60. The molecule has 0 atom stereocenters. The van der Waals surface area contributed by atoms with E-state index < -0.39 is 10.0 Å². The van der Waals surface area contributed by atoms with Crippen molar-refractivity contribution in [3.63, 3.8) is 0 Å². The van der Waals surface area contributed by atoms with Crippen LogP contribution in [0.2, 0.25) is 0 Å². The van der Waals surface area contributed by atoms with Crippen molar-refractivity contribution >= 4 is 15.7 Å². The summed E-state index contributed by atoms with van der Waals surface area (Å²) in [5, 5.41) is 18.1. The molecule has 104 valence electrons. The Morgan fingerprint density at radius 2 is 1.81 bits per heavy atom. The third-order valence-electron chi connectivity index (χ3n) is 2.88. The predicted molar refractivity (Wildman–Crippen MR) is 75.7 cm³/mol. The summed E-state index contributed by atoms with van der Waals surface area (Å²) in [4.78, 5) is 3.56. The fourth-order valence-corrected chi connectivity index (χ4v) is 3.11. The molecule has 1 aromatic heterocycles. The van der Waals surface area contributed by atoms with E-state index in [1.807, 2.05) is 6.07 Å². The van der Waals surface area contributed by atoms with Gasteiger partial charge in [0.15, 0.2) is 5.69 Å². The number of nitriles is 2. The number of benzene rings is 1. The van der Waals surface area contributed by atoms with Crippen LogP contribution in [0.15, 0.2) is 47.5 Å². The summed E-state index contributed by atoms with van der Waals surface area (Å²) in [5.41, 5.74) is 0.289. The van der Waals surface area contributed by atoms with Crippen molar-refractivity contribution < 1.29 is 8.42 Å². The highest BCUT2D eigenvalue weighted by Crippen LogP contribution is 2.25. The molecule has 0 aliphatic rings. The molecule has 7 heteroatoms. The van der Waals surface area contributed by atoms with Gasteiger partial charge in [-0.1, -0.05) is 12.1 Å². The molecule has 0 aliphatic carbocycles. The van der Waals surface area contributed by atoms with E-state index in [-0.39, 0.29) is 21.8 Å². The third-order valence-corrected chi connectivity index (χ3v) is 4.68. The summed E-state index contributed by atoms with van der Waals surface area (Å²) >= 11 is 0. The van der Waals surface area contributed by atoms with Crippen LogP contribution in [0.1, 0.15) is 11.3 Å². The minimum absolute atomic E-state index is 0.182. The molecule has 0 radical (unpaired) electrons. The topological polar surface area (TPSA) is 97.8 Å². The summed E-state index contributed by atoms with van der Waals surface area (Å²) in [6.45, 7) is 0. The van der Waals surface area contributed by atoms with E-state index in [0.717, 1.165) is 4.31 Å². The van der Waals surface area contributed by atoms with E-state index in [4.69, 9.17) is 10.5 Å². The first-order chi connectivity index (χ1) is 10.0. The molecule has 1 heterocycles. The zero-order valence-electron chi connectivity index (χ0n) is 11.1. The Kier molecular flexibility index (Phi) is 3.88. The highest BCUT2D eigenvalue weighted by atomic mass is 32.2. The number of hydrogen-bond acceptors (Lipinski definition) is 5. The van der Waals surface area contributed by atoms with Gasteiger partial charge >= 0.3 is 0 Å². The molecule has 21 heavy (non-hydrogen) atoms. The van der Waals surface area contributed by atoms with Gasteiger partial charge in [0.2, 0.25) is 0 Å². The molecule has 0 bridgehead atoms. The number of rotatable bonds is 3. The van der Waals surface area contributed by atoms with Crippen molar-refractivity contribution in [3.8, 4) is 12.1 Å². The Hall–Kier alpha value is -2.90. The van der Waals surface area contributed by atoms with E-state index >= 15 is 0 Å². The number of pyridine rings is 1. The number of aromatic nitrogens is 1. The normalized spacial score (nSPS) is 10.4. The van der Waals surface area contributed by atoms with Gasteiger partial charge in [0, 0.05) is 13.2 Å². The lowest BCUT2D eigenvalue weighted by atomic mass is 10.2. The Labute approximate surface area is 122 Å². The molecule has 2 aromatic rings. The third kappa shape index (κ3) is 2.55. The quantitative estimate of drug-likeness (QED) is 0.858. The number of anilines is 1. The van der Waals surface area contributed by atoms with Crippen LogP contribution in [0.25, 0.3) is 0 Å². The van der Waals surface area contributed by atoms with E-state index in [9.17, 15) is 8.42 Å². The Morgan fingerprint density at radius 1 is 1.10 bits per heavy atom. The van der Waals surface area contributed by atoms with Gasteiger partial charge in [-0.2, -0.15) is 10.5 Å². The zero-order chi connectivity index (χ0) is 15.5. The number of para-hydroxylation sites is 1. The maximum absolute atomic E-state index is 12.6. The molecule has 1 aromatic carbocycles. The van der Waals surface area contributed by atoms with Crippen molar-refractivity contribution in [1.82, 2.24) is 4.98 Å². The molecule has 0 fully saturated rings. The first-order valence-electron chi connectivity index (χ1n) is 5.85. The maximum Gasteiger partial charge on any atom is 0.267 e. The lowest BCUT2D eigenvalue weighted by molar-refractivity contribution is 0.593. The first kappa shape index (κ1) is 14.5. The van der Waals surface area contributed by atoms with Crippen LogP contribution in [0.4, 0.5) is 5.69 Å². The van der Waals surface area contributed by atoms with Gasteiger partial charge in [0.1, 0.15) is 17.0 Å². The van der Waals surface area contributed by atoms with Crippen LogP contribution < -0.4 is 4.31 Å². The van der Waals surface area contributed by atoms with Crippen LogP contribution in [0.5, 0.6) is 0 Å². The summed E-state index contributed by atoms with van der Waals surface area (Å²) in [7, 11) is -2.64. The van der Waals surface area contributed by atoms with Crippen LogP contribution in [0.3, 0.4) is 0 Å². The summed E-state index contributed by atoms with van der Waals surface area (Å²) in [5.74, 6) is 0. The smallest absolute Gasteiger partial charge is 0.267 e. The number of hydrogen-bond donors (Lipinski definition) is 0. The van der Waals surface area contributed by atoms with E-state index in [2.05, 4.69) is 4.98 Å². The number of sulfonamides is 1. The highest BCUT2D eigenvalue weighted by Gasteiger charge is 2.26. The second-order valence-electron chi connectivity index (χ2n) is 4.06. The fourth-order valence-electron chi connectivity index (χ4n) is 1.80. The molecule has 0 N–H and O–H groups in total. The van der Waals surface area contributed by atoms with Gasteiger partial charge in [-0.05, 0) is 24.3 Å². The van der Waals surface area contributed by atoms with Gasteiger partial charge in [-0.3, -0.25) is 4.31 Å². The van der Waals surface area contributed by atoms with E-state index in [0.29, 0.717) is 0 Å². The molecular weight excluding hydrogens is 288 g/mol. The minimum Gasteiger partial charge on any atom is -0.268 e. The summed E-state index contributed by atoms with van der Waals surface area (Å²) in [6.07, 6.45) is 1.35. The van der Waals surface area contributed by atoms with E-state index in [1.165, 1.54) is 37.5 Å². The largest absolute Gasteiger partial charge is 0.268 e. The fraction of sp³-hybridized carbons (Fsp3) is 0.0714. The second-order valence-corrected chi connectivity index (χ2v) is 6.00. The lowest BCUT2D eigenvalue weighted by Gasteiger charge is -2.20. The second kappa shape index (κ2) is 5.61. The van der Waals surface area contributed by atoms with Gasteiger partial charge in [-0.15, -0.1) is 0 Å². The average Bonchev–Trinajstić information content (AvgIpc) is 2.53. The number of nitrogens with zero attached hydrogens (tertiary/aromatic N) is 4. The first-order valence-corrected chi connectivity index (χ1v) is 7.29. The van der Waals surface area contributed by atoms with Crippen LogP contribution in [0, 0.1) is 22.7 Å². The molecular formula is C14H10N4O2S. The Bertz CT molecular complexity index is 863. The molecule has 0 unspecified atom stereocenters. The molecule has 6 nitrogen and oxygen atoms in total.